The molecule has 0 aromatic heterocycles. The Labute approximate surface area is 173 Å². The number of benzene rings is 4. The lowest BCUT2D eigenvalue weighted by molar-refractivity contribution is 0.642. The minimum Gasteiger partial charge on any atom is -0.381 e. The van der Waals surface area contributed by atoms with Crippen molar-refractivity contribution >= 4 is 5.69 Å². The number of rotatable bonds is 2. The molecule has 0 bridgehead atoms. The molecule has 0 radical (unpaired) electrons. The van der Waals surface area contributed by atoms with Gasteiger partial charge in [-0.15, -0.1) is 0 Å². The van der Waals surface area contributed by atoms with Crippen molar-refractivity contribution in [3.05, 3.63) is 114 Å². The van der Waals surface area contributed by atoms with Gasteiger partial charge in [0.15, 0.2) is 0 Å². The van der Waals surface area contributed by atoms with E-state index in [1.165, 1.54) is 44.6 Å². The van der Waals surface area contributed by atoms with Gasteiger partial charge in [-0.2, -0.15) is 0 Å². The molecule has 5 rings (SSSR count). The standard InChI is InChI=1S/C28H25N/c1-28(2)25-17-22(20-9-5-3-6-10-20)13-14-24(25)19-29-27-16-15-23(18-26(27)28)21-11-7-4-8-12-21/h3-18,29H,19H2,1-2H3. The van der Waals surface area contributed by atoms with Gasteiger partial charge >= 0.3 is 0 Å². The van der Waals surface area contributed by atoms with E-state index in [1.54, 1.807) is 0 Å². The van der Waals surface area contributed by atoms with Crippen molar-refractivity contribution in [1.82, 2.24) is 0 Å². The van der Waals surface area contributed by atoms with Crippen molar-refractivity contribution in [3.63, 3.8) is 0 Å². The van der Waals surface area contributed by atoms with E-state index >= 15 is 0 Å². The first-order valence-corrected chi connectivity index (χ1v) is 10.3. The van der Waals surface area contributed by atoms with Crippen LogP contribution in [0.4, 0.5) is 5.69 Å². The Hall–Kier alpha value is -3.32. The third-order valence-corrected chi connectivity index (χ3v) is 6.16. The topological polar surface area (TPSA) is 12.0 Å². The summed E-state index contributed by atoms with van der Waals surface area (Å²) in [6.07, 6.45) is 0. The van der Waals surface area contributed by atoms with E-state index in [0.29, 0.717) is 0 Å². The summed E-state index contributed by atoms with van der Waals surface area (Å²) in [5, 5.41) is 3.67. The summed E-state index contributed by atoms with van der Waals surface area (Å²) in [6.45, 7) is 5.55. The van der Waals surface area contributed by atoms with Gasteiger partial charge in [0, 0.05) is 17.6 Å². The number of hydrogen-bond donors (Lipinski definition) is 1. The molecule has 0 spiro atoms. The number of anilines is 1. The van der Waals surface area contributed by atoms with Crippen molar-refractivity contribution in [2.24, 2.45) is 0 Å². The van der Waals surface area contributed by atoms with Crippen LogP contribution in [-0.2, 0) is 12.0 Å². The average molecular weight is 376 g/mol. The lowest BCUT2D eigenvalue weighted by Crippen LogP contribution is -2.20. The molecule has 1 heteroatoms. The first-order chi connectivity index (χ1) is 14.1. The molecule has 4 aromatic carbocycles. The number of hydrogen-bond acceptors (Lipinski definition) is 1. The molecule has 0 fully saturated rings. The Balaban J connectivity index is 1.66. The van der Waals surface area contributed by atoms with Crippen LogP contribution in [0, 0.1) is 0 Å². The second-order valence-corrected chi connectivity index (χ2v) is 8.34. The third kappa shape index (κ3) is 3.13. The van der Waals surface area contributed by atoms with Crippen molar-refractivity contribution < 1.29 is 0 Å². The molecular formula is C28H25N. The van der Waals surface area contributed by atoms with Crippen LogP contribution < -0.4 is 5.32 Å². The number of nitrogens with one attached hydrogen (secondary N) is 1. The summed E-state index contributed by atoms with van der Waals surface area (Å²) in [5.74, 6) is 0. The van der Waals surface area contributed by atoms with Crippen molar-refractivity contribution in [2.75, 3.05) is 5.32 Å². The highest BCUT2D eigenvalue weighted by molar-refractivity contribution is 5.73. The Morgan fingerprint density at radius 3 is 1.76 bits per heavy atom. The van der Waals surface area contributed by atoms with Gasteiger partial charge in [0.25, 0.3) is 0 Å². The molecule has 0 atom stereocenters. The molecule has 1 heterocycles. The lowest BCUT2D eigenvalue weighted by atomic mass is 9.74. The fourth-order valence-corrected chi connectivity index (χ4v) is 4.48. The summed E-state index contributed by atoms with van der Waals surface area (Å²) in [4.78, 5) is 0. The van der Waals surface area contributed by atoms with Crippen LogP contribution in [0.3, 0.4) is 0 Å². The molecular weight excluding hydrogens is 350 g/mol. The van der Waals surface area contributed by atoms with E-state index in [0.717, 1.165) is 6.54 Å². The quantitative estimate of drug-likeness (QED) is 0.388. The summed E-state index contributed by atoms with van der Waals surface area (Å²) in [7, 11) is 0. The second kappa shape index (κ2) is 6.93. The van der Waals surface area contributed by atoms with Gasteiger partial charge in [0.1, 0.15) is 0 Å². The predicted molar refractivity (Wildman–Crippen MR) is 123 cm³/mol. The molecule has 0 saturated heterocycles. The molecule has 142 valence electrons. The summed E-state index contributed by atoms with van der Waals surface area (Å²) in [6, 6.07) is 35.0. The Morgan fingerprint density at radius 1 is 0.586 bits per heavy atom. The first-order valence-electron chi connectivity index (χ1n) is 10.3. The van der Waals surface area contributed by atoms with Gasteiger partial charge in [-0.3, -0.25) is 0 Å². The fraction of sp³-hybridized carbons (Fsp3) is 0.143. The van der Waals surface area contributed by atoms with E-state index in [9.17, 15) is 0 Å². The highest BCUT2D eigenvalue weighted by Gasteiger charge is 2.31. The maximum atomic E-state index is 3.67. The van der Waals surface area contributed by atoms with E-state index in [1.807, 2.05) is 0 Å². The maximum absolute atomic E-state index is 3.67. The summed E-state index contributed by atoms with van der Waals surface area (Å²) in [5.41, 5.74) is 10.3. The molecule has 0 aliphatic carbocycles. The fourth-order valence-electron chi connectivity index (χ4n) is 4.48. The van der Waals surface area contributed by atoms with Gasteiger partial charge in [0.05, 0.1) is 0 Å². The SMILES string of the molecule is CC1(C)c2cc(-c3ccccc3)ccc2CNc2ccc(-c3ccccc3)cc21. The average Bonchev–Trinajstić information content (AvgIpc) is 2.89. The zero-order chi connectivity index (χ0) is 19.8. The zero-order valence-corrected chi connectivity index (χ0v) is 16.9. The van der Waals surface area contributed by atoms with Crippen LogP contribution >= 0.6 is 0 Å². The van der Waals surface area contributed by atoms with Crippen LogP contribution in [0.5, 0.6) is 0 Å². The van der Waals surface area contributed by atoms with E-state index in [-0.39, 0.29) is 5.41 Å². The van der Waals surface area contributed by atoms with Gasteiger partial charge in [-0.25, -0.2) is 0 Å². The Morgan fingerprint density at radius 2 is 1.14 bits per heavy atom. The molecule has 0 saturated carbocycles. The smallest absolute Gasteiger partial charge is 0.0403 e. The Bertz CT molecular complexity index is 1060. The number of fused-ring (bicyclic) bond motifs is 2. The van der Waals surface area contributed by atoms with Gasteiger partial charge in [0.2, 0.25) is 0 Å². The molecule has 0 unspecified atom stereocenters. The predicted octanol–water partition coefficient (Wildman–Crippen LogP) is 7.27. The maximum Gasteiger partial charge on any atom is 0.0403 e. The minimum atomic E-state index is -0.0935. The lowest BCUT2D eigenvalue weighted by Gasteiger charge is -2.28. The van der Waals surface area contributed by atoms with E-state index < -0.39 is 0 Å². The first kappa shape index (κ1) is 17.8. The molecule has 1 nitrogen and oxygen atoms in total. The van der Waals surface area contributed by atoms with Gasteiger partial charge in [-0.05, 0) is 57.1 Å². The molecule has 0 amide bonds. The molecule has 1 aliphatic rings. The summed E-state index contributed by atoms with van der Waals surface area (Å²) < 4.78 is 0. The highest BCUT2D eigenvalue weighted by Crippen LogP contribution is 2.43. The van der Waals surface area contributed by atoms with Crippen LogP contribution in [-0.4, -0.2) is 0 Å². The highest BCUT2D eigenvalue weighted by atomic mass is 14.9. The van der Waals surface area contributed by atoms with Crippen molar-refractivity contribution in [3.8, 4) is 22.3 Å². The van der Waals surface area contributed by atoms with Crippen LogP contribution in [0.2, 0.25) is 0 Å². The van der Waals surface area contributed by atoms with Crippen LogP contribution in [0.1, 0.15) is 30.5 Å². The second-order valence-electron chi connectivity index (χ2n) is 8.34. The third-order valence-electron chi connectivity index (χ3n) is 6.16. The van der Waals surface area contributed by atoms with Crippen LogP contribution in [0.15, 0.2) is 97.1 Å². The molecule has 1 aliphatic heterocycles. The van der Waals surface area contributed by atoms with Gasteiger partial charge in [-0.1, -0.05) is 92.7 Å². The van der Waals surface area contributed by atoms with E-state index in [4.69, 9.17) is 0 Å². The molecule has 1 N–H and O–H groups in total. The summed E-state index contributed by atoms with van der Waals surface area (Å²) >= 11 is 0. The van der Waals surface area contributed by atoms with Gasteiger partial charge < -0.3 is 5.32 Å². The zero-order valence-electron chi connectivity index (χ0n) is 16.9. The largest absolute Gasteiger partial charge is 0.381 e. The molecule has 4 aromatic rings. The van der Waals surface area contributed by atoms with Crippen molar-refractivity contribution in [2.45, 2.75) is 25.8 Å². The van der Waals surface area contributed by atoms with Crippen LogP contribution in [0.25, 0.3) is 22.3 Å². The normalized spacial score (nSPS) is 14.3. The van der Waals surface area contributed by atoms with Crippen molar-refractivity contribution in [1.29, 1.82) is 0 Å². The Kier molecular flexibility index (Phi) is 4.24. The molecule has 29 heavy (non-hydrogen) atoms. The minimum absolute atomic E-state index is 0.0935. The van der Waals surface area contributed by atoms with E-state index in [2.05, 4.69) is 116 Å². The monoisotopic (exact) mass is 375 g/mol.